The van der Waals surface area contributed by atoms with Crippen LogP contribution in [0.25, 0.3) is 0 Å². The fraction of sp³-hybridized carbons (Fsp3) is 0.875. The summed E-state index contributed by atoms with van der Waals surface area (Å²) in [6, 6.07) is 0. The van der Waals surface area contributed by atoms with Gasteiger partial charge in [0.2, 0.25) is 0 Å². The van der Waals surface area contributed by atoms with Gasteiger partial charge in [-0.2, -0.15) is 0 Å². The predicted octanol–water partition coefficient (Wildman–Crippen LogP) is 3.14. The van der Waals surface area contributed by atoms with Crippen molar-refractivity contribution in [1.82, 2.24) is 5.32 Å². The molecule has 0 spiro atoms. The van der Waals surface area contributed by atoms with E-state index >= 15 is 0 Å². The number of nitrogens with one attached hydrogen (secondary N) is 1. The monoisotopic (exact) mass is 269 g/mol. The molecule has 0 atom stereocenters. The van der Waals surface area contributed by atoms with Crippen molar-refractivity contribution in [2.75, 3.05) is 11.9 Å². The number of alkyl halides is 1. The molecule has 4 heteroatoms. The highest BCUT2D eigenvalue weighted by atomic mass is 79.9. The molecule has 0 radical (unpaired) electrons. The fourth-order valence-electron chi connectivity index (χ4n) is 0.945. The third kappa shape index (κ3) is 10.7. The van der Waals surface area contributed by atoms with E-state index in [9.17, 15) is 0 Å². The van der Waals surface area contributed by atoms with Crippen molar-refractivity contribution < 1.29 is 0 Å². The Labute approximate surface area is 94.2 Å². The van der Waals surface area contributed by atoms with Gasteiger partial charge in [0.05, 0.1) is 0 Å². The van der Waals surface area contributed by atoms with Crippen molar-refractivity contribution in [1.29, 1.82) is 0 Å². The minimum absolute atomic E-state index is 0.607. The van der Waals surface area contributed by atoms with E-state index < -0.39 is 0 Å². The van der Waals surface area contributed by atoms with E-state index in [2.05, 4.69) is 33.9 Å². The molecular formula is C8H16BrNS2. The van der Waals surface area contributed by atoms with Gasteiger partial charge >= 0.3 is 0 Å². The summed E-state index contributed by atoms with van der Waals surface area (Å²) in [7, 11) is 0. The molecule has 1 nitrogen and oxygen atoms in total. The molecule has 0 heterocycles. The molecule has 0 fully saturated rings. The first-order valence-corrected chi connectivity index (χ1v) is 6.28. The number of rotatable bonds is 7. The molecule has 72 valence electrons. The molecule has 0 rings (SSSR count). The van der Waals surface area contributed by atoms with Gasteiger partial charge in [-0.15, -0.1) is 12.6 Å². The predicted molar refractivity (Wildman–Crippen MR) is 66.5 cm³/mol. The highest BCUT2D eigenvalue weighted by molar-refractivity contribution is 9.09. The second-order valence-corrected chi connectivity index (χ2v) is 4.64. The van der Waals surface area contributed by atoms with Gasteiger partial charge in [-0.3, -0.25) is 0 Å². The lowest BCUT2D eigenvalue weighted by Crippen LogP contribution is -2.17. The molecule has 0 aliphatic heterocycles. The Kier molecular flexibility index (Phi) is 10.4. The Morgan fingerprint density at radius 2 is 1.75 bits per heavy atom. The minimum atomic E-state index is 0.607. The lowest BCUT2D eigenvalue weighted by atomic mass is 10.1. The van der Waals surface area contributed by atoms with Crippen molar-refractivity contribution >= 4 is 45.1 Å². The van der Waals surface area contributed by atoms with E-state index in [-0.39, 0.29) is 0 Å². The van der Waals surface area contributed by atoms with Crippen LogP contribution in [-0.2, 0) is 0 Å². The Hall–Kier alpha value is 0.720. The SMILES string of the molecule is S=C(S)NCCCCCCCBr. The molecule has 0 aromatic rings. The maximum Gasteiger partial charge on any atom is 0.130 e. The number of unbranched alkanes of at least 4 members (excludes halogenated alkanes) is 4. The van der Waals surface area contributed by atoms with Gasteiger partial charge in [0.15, 0.2) is 0 Å². The molecule has 0 aromatic heterocycles. The van der Waals surface area contributed by atoms with Crippen molar-refractivity contribution in [3.63, 3.8) is 0 Å². The van der Waals surface area contributed by atoms with Crippen LogP contribution in [-0.4, -0.2) is 16.2 Å². The van der Waals surface area contributed by atoms with Gasteiger partial charge in [-0.05, 0) is 12.8 Å². The summed E-state index contributed by atoms with van der Waals surface area (Å²) in [5.41, 5.74) is 0. The maximum absolute atomic E-state index is 4.76. The number of thiocarbonyl (C=S) groups is 1. The number of hydrogen-bond donors (Lipinski definition) is 2. The van der Waals surface area contributed by atoms with E-state index in [1.165, 1.54) is 32.1 Å². The Bertz CT molecular complexity index is 120. The van der Waals surface area contributed by atoms with Crippen LogP contribution >= 0.6 is 40.8 Å². The quantitative estimate of drug-likeness (QED) is 0.319. The number of hydrogen-bond acceptors (Lipinski definition) is 1. The number of thiol groups is 1. The lowest BCUT2D eigenvalue weighted by molar-refractivity contribution is 0.629. The molecule has 1 N–H and O–H groups in total. The average molecular weight is 270 g/mol. The van der Waals surface area contributed by atoms with E-state index in [4.69, 9.17) is 12.2 Å². The largest absolute Gasteiger partial charge is 0.371 e. The third-order valence-corrected chi connectivity index (χ3v) is 2.45. The van der Waals surface area contributed by atoms with Crippen LogP contribution in [0.5, 0.6) is 0 Å². The molecule has 12 heavy (non-hydrogen) atoms. The second-order valence-electron chi connectivity index (χ2n) is 2.69. The van der Waals surface area contributed by atoms with E-state index in [0.717, 1.165) is 11.9 Å². The number of halogens is 1. The third-order valence-electron chi connectivity index (χ3n) is 1.59. The highest BCUT2D eigenvalue weighted by Gasteiger charge is 1.90. The lowest BCUT2D eigenvalue weighted by Gasteiger charge is -2.02. The van der Waals surface area contributed by atoms with Gasteiger partial charge < -0.3 is 5.32 Å². The van der Waals surface area contributed by atoms with Crippen molar-refractivity contribution in [2.24, 2.45) is 0 Å². The summed E-state index contributed by atoms with van der Waals surface area (Å²) in [5, 5.41) is 4.15. The molecule has 0 unspecified atom stereocenters. The van der Waals surface area contributed by atoms with Crippen LogP contribution in [0.2, 0.25) is 0 Å². The van der Waals surface area contributed by atoms with Crippen LogP contribution in [0.3, 0.4) is 0 Å². The standard InChI is InChI=1S/C8H16BrNS2/c9-6-4-2-1-3-5-7-10-8(11)12/h1-7H2,(H2,10,11,12). The Balaban J connectivity index is 2.86. The molecular weight excluding hydrogens is 254 g/mol. The fourth-order valence-corrected chi connectivity index (χ4v) is 1.56. The van der Waals surface area contributed by atoms with Gasteiger partial charge in [0.1, 0.15) is 4.32 Å². The summed E-state index contributed by atoms with van der Waals surface area (Å²) in [6.07, 6.45) is 6.43. The first-order valence-electron chi connectivity index (χ1n) is 4.30. The first-order chi connectivity index (χ1) is 5.77. The van der Waals surface area contributed by atoms with Crippen LogP contribution in [0.15, 0.2) is 0 Å². The molecule has 0 bridgehead atoms. The Morgan fingerprint density at radius 3 is 2.33 bits per heavy atom. The molecule has 0 aromatic carbocycles. The summed E-state index contributed by atoms with van der Waals surface area (Å²) in [6.45, 7) is 0.969. The van der Waals surface area contributed by atoms with Gasteiger partial charge in [0.25, 0.3) is 0 Å². The van der Waals surface area contributed by atoms with Crippen LogP contribution in [0, 0.1) is 0 Å². The van der Waals surface area contributed by atoms with Crippen LogP contribution in [0.4, 0.5) is 0 Å². The van der Waals surface area contributed by atoms with E-state index in [0.29, 0.717) is 4.32 Å². The van der Waals surface area contributed by atoms with Gasteiger partial charge in [-0.1, -0.05) is 47.4 Å². The van der Waals surface area contributed by atoms with E-state index in [1.54, 1.807) is 0 Å². The van der Waals surface area contributed by atoms with Crippen LogP contribution in [0.1, 0.15) is 32.1 Å². The summed E-state index contributed by atoms with van der Waals surface area (Å²) >= 11 is 12.1. The summed E-state index contributed by atoms with van der Waals surface area (Å²) in [5.74, 6) is 0. The van der Waals surface area contributed by atoms with Crippen molar-refractivity contribution in [2.45, 2.75) is 32.1 Å². The smallest absolute Gasteiger partial charge is 0.130 e. The first kappa shape index (κ1) is 12.7. The molecule has 0 saturated carbocycles. The topological polar surface area (TPSA) is 12.0 Å². The molecule has 0 aliphatic carbocycles. The normalized spacial score (nSPS) is 9.83. The zero-order valence-corrected chi connectivity index (χ0v) is 10.5. The van der Waals surface area contributed by atoms with Gasteiger partial charge in [-0.25, -0.2) is 0 Å². The highest BCUT2D eigenvalue weighted by Crippen LogP contribution is 2.03. The molecule has 0 saturated heterocycles. The van der Waals surface area contributed by atoms with Crippen LogP contribution < -0.4 is 5.32 Å². The maximum atomic E-state index is 4.76. The average Bonchev–Trinajstić information content (AvgIpc) is 2.02. The molecule has 0 amide bonds. The second kappa shape index (κ2) is 9.81. The zero-order chi connectivity index (χ0) is 9.23. The summed E-state index contributed by atoms with van der Waals surface area (Å²) < 4.78 is 0.607. The van der Waals surface area contributed by atoms with Crippen molar-refractivity contribution in [3.8, 4) is 0 Å². The van der Waals surface area contributed by atoms with Gasteiger partial charge in [0, 0.05) is 11.9 Å². The van der Waals surface area contributed by atoms with E-state index in [1.807, 2.05) is 0 Å². The zero-order valence-electron chi connectivity index (χ0n) is 7.18. The molecule has 0 aliphatic rings. The van der Waals surface area contributed by atoms with Crippen molar-refractivity contribution in [3.05, 3.63) is 0 Å². The minimum Gasteiger partial charge on any atom is -0.371 e. The Morgan fingerprint density at radius 1 is 1.17 bits per heavy atom. The summed E-state index contributed by atoms with van der Waals surface area (Å²) in [4.78, 5) is 0.